The Labute approximate surface area is 95.2 Å². The van der Waals surface area contributed by atoms with Crippen molar-refractivity contribution < 1.29 is 4.74 Å². The van der Waals surface area contributed by atoms with Crippen molar-refractivity contribution in [1.82, 2.24) is 4.98 Å². The summed E-state index contributed by atoms with van der Waals surface area (Å²) in [6.45, 7) is 5.14. The van der Waals surface area contributed by atoms with Crippen molar-refractivity contribution in [2.45, 2.75) is 20.0 Å². The number of nitrogens with one attached hydrogen (secondary N) is 1. The van der Waals surface area contributed by atoms with Gasteiger partial charge in [-0.15, -0.1) is 0 Å². The Balaban J connectivity index is 2.51. The second-order valence-electron chi connectivity index (χ2n) is 3.62. The molecule has 0 spiro atoms. The van der Waals surface area contributed by atoms with Gasteiger partial charge in [-0.25, -0.2) is 4.98 Å². The van der Waals surface area contributed by atoms with Crippen LogP contribution < -0.4 is 11.1 Å². The van der Waals surface area contributed by atoms with Crippen LogP contribution >= 0.6 is 0 Å². The van der Waals surface area contributed by atoms with Crippen LogP contribution in [0.25, 0.3) is 0 Å². The molecular weight excluding hydrogens is 204 g/mol. The zero-order valence-corrected chi connectivity index (χ0v) is 9.53. The van der Waals surface area contributed by atoms with Crippen LogP contribution in [0.15, 0.2) is 12.3 Å². The number of nitrogen functional groups attached to an aromatic ring is 1. The van der Waals surface area contributed by atoms with Gasteiger partial charge in [0.1, 0.15) is 11.9 Å². The highest BCUT2D eigenvalue weighted by Gasteiger charge is 2.03. The molecule has 0 amide bonds. The number of rotatable bonds is 5. The quantitative estimate of drug-likeness (QED) is 0.732. The van der Waals surface area contributed by atoms with Crippen LogP contribution in [-0.2, 0) is 4.74 Å². The largest absolute Gasteiger partial charge is 0.397 e. The Hall–Kier alpha value is -1.80. The third-order valence-corrected chi connectivity index (χ3v) is 1.87. The zero-order chi connectivity index (χ0) is 12.0. The predicted molar refractivity (Wildman–Crippen MR) is 62.9 cm³/mol. The Morgan fingerprint density at radius 2 is 2.38 bits per heavy atom. The summed E-state index contributed by atoms with van der Waals surface area (Å²) < 4.78 is 5.36. The first-order valence-corrected chi connectivity index (χ1v) is 5.14. The van der Waals surface area contributed by atoms with Gasteiger partial charge >= 0.3 is 0 Å². The Bertz CT molecular complexity index is 384. The van der Waals surface area contributed by atoms with Gasteiger partial charge in [0.25, 0.3) is 0 Å². The third-order valence-electron chi connectivity index (χ3n) is 1.87. The van der Waals surface area contributed by atoms with Gasteiger partial charge in [-0.2, -0.15) is 5.26 Å². The molecule has 1 aromatic rings. The highest BCUT2D eigenvalue weighted by molar-refractivity contribution is 5.57. The molecule has 0 bridgehead atoms. The normalized spacial score (nSPS) is 10.1. The van der Waals surface area contributed by atoms with Crippen molar-refractivity contribution in [1.29, 1.82) is 5.26 Å². The maximum Gasteiger partial charge on any atom is 0.144 e. The van der Waals surface area contributed by atoms with Crippen LogP contribution in [0.5, 0.6) is 0 Å². The number of ether oxygens (including phenoxy) is 1. The fourth-order valence-electron chi connectivity index (χ4n) is 1.17. The van der Waals surface area contributed by atoms with E-state index in [1.165, 1.54) is 6.20 Å². The molecule has 0 atom stereocenters. The number of anilines is 2. The number of aromatic nitrogens is 1. The lowest BCUT2D eigenvalue weighted by Gasteiger charge is -2.09. The second kappa shape index (κ2) is 5.93. The van der Waals surface area contributed by atoms with Gasteiger partial charge < -0.3 is 15.8 Å². The van der Waals surface area contributed by atoms with Gasteiger partial charge in [0.15, 0.2) is 0 Å². The molecule has 0 aliphatic carbocycles. The summed E-state index contributed by atoms with van der Waals surface area (Å²) in [4.78, 5) is 4.05. The number of nitriles is 1. The molecule has 86 valence electrons. The molecule has 0 aliphatic rings. The summed E-state index contributed by atoms with van der Waals surface area (Å²) in [6.07, 6.45) is 1.73. The van der Waals surface area contributed by atoms with E-state index >= 15 is 0 Å². The smallest absolute Gasteiger partial charge is 0.144 e. The van der Waals surface area contributed by atoms with Gasteiger partial charge in [-0.3, -0.25) is 0 Å². The zero-order valence-electron chi connectivity index (χ0n) is 9.53. The van der Waals surface area contributed by atoms with Crippen molar-refractivity contribution in [2.75, 3.05) is 24.2 Å². The predicted octanol–water partition coefficient (Wildman–Crippen LogP) is 1.37. The first kappa shape index (κ1) is 12.3. The molecule has 5 heteroatoms. The Morgan fingerprint density at radius 3 is 3.00 bits per heavy atom. The highest BCUT2D eigenvalue weighted by Crippen LogP contribution is 2.13. The molecule has 5 nitrogen and oxygen atoms in total. The first-order valence-electron chi connectivity index (χ1n) is 5.14. The Morgan fingerprint density at radius 1 is 1.62 bits per heavy atom. The maximum absolute atomic E-state index is 8.87. The topological polar surface area (TPSA) is 84.0 Å². The minimum absolute atomic E-state index is 0.205. The van der Waals surface area contributed by atoms with Crippen LogP contribution in [0, 0.1) is 11.3 Å². The molecule has 0 saturated heterocycles. The molecule has 0 fully saturated rings. The number of hydrogen-bond donors (Lipinski definition) is 2. The van der Waals surface area contributed by atoms with Crippen molar-refractivity contribution >= 4 is 11.5 Å². The van der Waals surface area contributed by atoms with Crippen molar-refractivity contribution in [3.05, 3.63) is 17.8 Å². The summed E-state index contributed by atoms with van der Waals surface area (Å²) >= 11 is 0. The van der Waals surface area contributed by atoms with E-state index < -0.39 is 0 Å². The van der Waals surface area contributed by atoms with E-state index in [0.717, 1.165) is 0 Å². The summed E-state index contributed by atoms with van der Waals surface area (Å²) in [7, 11) is 0. The highest BCUT2D eigenvalue weighted by atomic mass is 16.5. The van der Waals surface area contributed by atoms with E-state index in [0.29, 0.717) is 30.2 Å². The van der Waals surface area contributed by atoms with E-state index in [1.807, 2.05) is 19.9 Å². The van der Waals surface area contributed by atoms with Crippen LogP contribution in [0.1, 0.15) is 19.4 Å². The van der Waals surface area contributed by atoms with Gasteiger partial charge in [0, 0.05) is 6.54 Å². The van der Waals surface area contributed by atoms with Crippen LogP contribution in [0.3, 0.4) is 0 Å². The minimum Gasteiger partial charge on any atom is -0.397 e. The molecule has 0 radical (unpaired) electrons. The lowest BCUT2D eigenvalue weighted by molar-refractivity contribution is 0.0870. The maximum atomic E-state index is 8.87. The summed E-state index contributed by atoms with van der Waals surface area (Å²) in [6, 6.07) is 3.64. The van der Waals surface area contributed by atoms with E-state index in [2.05, 4.69) is 10.3 Å². The molecule has 0 unspecified atom stereocenters. The number of pyridine rings is 1. The monoisotopic (exact) mass is 220 g/mol. The molecular formula is C11H16N4O. The first-order chi connectivity index (χ1) is 7.63. The molecule has 16 heavy (non-hydrogen) atoms. The van der Waals surface area contributed by atoms with Crippen molar-refractivity contribution in [3.8, 4) is 6.07 Å². The average Bonchev–Trinajstić information content (AvgIpc) is 2.25. The van der Waals surface area contributed by atoms with Crippen LogP contribution in [0.4, 0.5) is 11.5 Å². The SMILES string of the molecule is CC(C)OCCNc1ncc(N)cc1C#N. The van der Waals surface area contributed by atoms with Crippen LogP contribution in [-0.4, -0.2) is 24.2 Å². The minimum atomic E-state index is 0.205. The molecule has 3 N–H and O–H groups in total. The lowest BCUT2D eigenvalue weighted by atomic mass is 10.2. The van der Waals surface area contributed by atoms with Gasteiger partial charge in [-0.1, -0.05) is 0 Å². The fourth-order valence-corrected chi connectivity index (χ4v) is 1.17. The average molecular weight is 220 g/mol. The van der Waals surface area contributed by atoms with Gasteiger partial charge in [0.2, 0.25) is 0 Å². The fraction of sp³-hybridized carbons (Fsp3) is 0.455. The van der Waals surface area contributed by atoms with Crippen molar-refractivity contribution in [3.63, 3.8) is 0 Å². The molecule has 0 aliphatic heterocycles. The van der Waals surface area contributed by atoms with E-state index in [-0.39, 0.29) is 6.10 Å². The van der Waals surface area contributed by atoms with E-state index in [1.54, 1.807) is 6.07 Å². The summed E-state index contributed by atoms with van der Waals surface area (Å²) in [5.41, 5.74) is 6.47. The van der Waals surface area contributed by atoms with E-state index in [4.69, 9.17) is 15.7 Å². The molecule has 0 aromatic carbocycles. The number of nitrogens with two attached hydrogens (primary N) is 1. The van der Waals surface area contributed by atoms with Crippen molar-refractivity contribution in [2.24, 2.45) is 0 Å². The third kappa shape index (κ3) is 3.75. The molecule has 0 saturated carbocycles. The standard InChI is InChI=1S/C11H16N4O/c1-8(2)16-4-3-14-11-9(6-12)5-10(13)7-15-11/h5,7-8H,3-4,13H2,1-2H3,(H,14,15). The Kier molecular flexibility index (Phi) is 4.55. The van der Waals surface area contributed by atoms with Gasteiger partial charge in [0.05, 0.1) is 30.2 Å². The van der Waals surface area contributed by atoms with Gasteiger partial charge in [-0.05, 0) is 19.9 Å². The molecule has 1 heterocycles. The van der Waals surface area contributed by atoms with Crippen LogP contribution in [0.2, 0.25) is 0 Å². The summed E-state index contributed by atoms with van der Waals surface area (Å²) in [5.74, 6) is 0.545. The summed E-state index contributed by atoms with van der Waals surface area (Å²) in [5, 5.41) is 11.9. The molecule has 1 aromatic heterocycles. The van der Waals surface area contributed by atoms with E-state index in [9.17, 15) is 0 Å². The lowest BCUT2D eigenvalue weighted by Crippen LogP contribution is -2.14. The molecule has 1 rings (SSSR count). The second-order valence-corrected chi connectivity index (χ2v) is 3.62. The number of hydrogen-bond acceptors (Lipinski definition) is 5. The number of nitrogens with zero attached hydrogens (tertiary/aromatic N) is 2.